The van der Waals surface area contributed by atoms with E-state index in [0.29, 0.717) is 0 Å². The lowest BCUT2D eigenvalue weighted by molar-refractivity contribution is 0.414. The van der Waals surface area contributed by atoms with E-state index in [2.05, 4.69) is 24.0 Å². The van der Waals surface area contributed by atoms with Crippen LogP contribution in [0.5, 0.6) is 5.75 Å². The molecule has 2 nitrogen and oxygen atoms in total. The summed E-state index contributed by atoms with van der Waals surface area (Å²) in [5.41, 5.74) is 2.28. The molecule has 2 rings (SSSR count). The third-order valence-electron chi connectivity index (χ3n) is 3.34. The molecule has 0 radical (unpaired) electrons. The first-order valence-electron chi connectivity index (χ1n) is 6.82. The first-order valence-corrected chi connectivity index (χ1v) is 7.26. The quantitative estimate of drug-likeness (QED) is 0.726. The van der Waals surface area contributed by atoms with E-state index in [-0.39, 0.29) is 5.38 Å². The molecule has 0 amide bonds. The number of ether oxygens (including phenoxy) is 1. The van der Waals surface area contributed by atoms with Crippen molar-refractivity contribution in [3.8, 4) is 5.75 Å². The Morgan fingerprint density at radius 2 is 1.85 bits per heavy atom. The Balaban J connectivity index is 2.11. The highest BCUT2D eigenvalue weighted by molar-refractivity contribution is 6.21. The second-order valence-electron chi connectivity index (χ2n) is 4.62. The lowest BCUT2D eigenvalue weighted by Crippen LogP contribution is -2.26. The smallest absolute Gasteiger partial charge is 0.119 e. The molecule has 0 aliphatic carbocycles. The van der Waals surface area contributed by atoms with Gasteiger partial charge in [-0.1, -0.05) is 30.3 Å². The van der Waals surface area contributed by atoms with Crippen LogP contribution < -0.4 is 9.64 Å². The van der Waals surface area contributed by atoms with Crippen molar-refractivity contribution in [1.82, 2.24) is 0 Å². The second-order valence-corrected chi connectivity index (χ2v) is 5.15. The summed E-state index contributed by atoms with van der Waals surface area (Å²) < 4.78 is 5.25. The predicted octanol–water partition coefficient (Wildman–Crippen LogP) is 4.50. The molecule has 0 saturated carbocycles. The number of anilines is 1. The molecule has 0 aliphatic heterocycles. The number of rotatable bonds is 6. The van der Waals surface area contributed by atoms with Gasteiger partial charge in [-0.15, -0.1) is 11.6 Å². The van der Waals surface area contributed by atoms with E-state index < -0.39 is 0 Å². The molecule has 1 atom stereocenters. The van der Waals surface area contributed by atoms with E-state index in [0.717, 1.165) is 24.4 Å². The van der Waals surface area contributed by atoms with E-state index in [1.807, 2.05) is 42.5 Å². The number of benzene rings is 2. The summed E-state index contributed by atoms with van der Waals surface area (Å²) in [6.45, 7) is 3.84. The summed E-state index contributed by atoms with van der Waals surface area (Å²) in [4.78, 5) is 2.27. The number of likely N-dealkylation sites (N-methyl/N-ethyl adjacent to an activating group) is 1. The van der Waals surface area contributed by atoms with Gasteiger partial charge >= 0.3 is 0 Å². The third kappa shape index (κ3) is 3.67. The average molecular weight is 290 g/mol. The van der Waals surface area contributed by atoms with Gasteiger partial charge in [-0.25, -0.2) is 0 Å². The highest BCUT2D eigenvalue weighted by Gasteiger charge is 2.13. The van der Waals surface area contributed by atoms with Gasteiger partial charge in [0.15, 0.2) is 0 Å². The molecule has 106 valence electrons. The Labute approximate surface area is 125 Å². The van der Waals surface area contributed by atoms with E-state index in [1.54, 1.807) is 7.11 Å². The normalized spacial score (nSPS) is 11.9. The standard InChI is InChI=1S/C17H20ClNO/c1-3-19(15-9-5-4-6-10-15)13-17(18)14-8-7-11-16(12-14)20-2/h4-12,17H,3,13H2,1-2H3. The van der Waals surface area contributed by atoms with Gasteiger partial charge in [-0.3, -0.25) is 0 Å². The van der Waals surface area contributed by atoms with Crippen LogP contribution in [0.3, 0.4) is 0 Å². The van der Waals surface area contributed by atoms with E-state index in [9.17, 15) is 0 Å². The fourth-order valence-electron chi connectivity index (χ4n) is 2.19. The molecule has 3 heteroatoms. The summed E-state index contributed by atoms with van der Waals surface area (Å²) in [7, 11) is 1.67. The number of halogens is 1. The minimum absolute atomic E-state index is 0.0646. The Kier molecular flexibility index (Phi) is 5.31. The number of hydrogen-bond acceptors (Lipinski definition) is 2. The van der Waals surface area contributed by atoms with Crippen molar-refractivity contribution in [2.24, 2.45) is 0 Å². The lowest BCUT2D eigenvalue weighted by atomic mass is 10.1. The van der Waals surface area contributed by atoms with Crippen LogP contribution in [-0.4, -0.2) is 20.2 Å². The fourth-order valence-corrected chi connectivity index (χ4v) is 2.49. The maximum Gasteiger partial charge on any atom is 0.119 e. The molecule has 0 heterocycles. The summed E-state index contributed by atoms with van der Waals surface area (Å²) in [6.07, 6.45) is 0. The zero-order valence-electron chi connectivity index (χ0n) is 11.9. The second kappa shape index (κ2) is 7.20. The predicted molar refractivity (Wildman–Crippen MR) is 85.9 cm³/mol. The monoisotopic (exact) mass is 289 g/mol. The van der Waals surface area contributed by atoms with Crippen LogP contribution in [-0.2, 0) is 0 Å². The maximum atomic E-state index is 6.56. The third-order valence-corrected chi connectivity index (χ3v) is 3.73. The molecular weight excluding hydrogens is 270 g/mol. The van der Waals surface area contributed by atoms with Gasteiger partial charge in [0.05, 0.1) is 12.5 Å². The molecule has 0 N–H and O–H groups in total. The first kappa shape index (κ1) is 14.7. The summed E-state index contributed by atoms with van der Waals surface area (Å²) >= 11 is 6.56. The molecule has 2 aromatic carbocycles. The number of methoxy groups -OCH3 is 1. The van der Waals surface area contributed by atoms with E-state index in [4.69, 9.17) is 16.3 Å². The Bertz CT molecular complexity index is 530. The van der Waals surface area contributed by atoms with Gasteiger partial charge in [0.25, 0.3) is 0 Å². The topological polar surface area (TPSA) is 12.5 Å². The van der Waals surface area contributed by atoms with Crippen LogP contribution in [0.2, 0.25) is 0 Å². The summed E-state index contributed by atoms with van der Waals surface area (Å²) in [5.74, 6) is 0.843. The number of hydrogen-bond donors (Lipinski definition) is 0. The molecule has 1 unspecified atom stereocenters. The van der Waals surface area contributed by atoms with Crippen LogP contribution in [0.4, 0.5) is 5.69 Å². The molecule has 0 spiro atoms. The molecule has 0 aliphatic rings. The van der Waals surface area contributed by atoms with Crippen LogP contribution >= 0.6 is 11.6 Å². The largest absolute Gasteiger partial charge is 0.497 e. The van der Waals surface area contributed by atoms with Gasteiger partial charge < -0.3 is 9.64 Å². The summed E-state index contributed by atoms with van der Waals surface area (Å²) in [6, 6.07) is 18.3. The SMILES string of the molecule is CCN(CC(Cl)c1cccc(OC)c1)c1ccccc1. The molecule has 0 bridgehead atoms. The maximum absolute atomic E-state index is 6.56. The van der Waals surface area contributed by atoms with Crippen molar-refractivity contribution in [2.45, 2.75) is 12.3 Å². The van der Waals surface area contributed by atoms with Crippen LogP contribution in [0.1, 0.15) is 17.9 Å². The highest BCUT2D eigenvalue weighted by Crippen LogP contribution is 2.27. The average Bonchev–Trinajstić information content (AvgIpc) is 2.53. The molecule has 0 saturated heterocycles. The van der Waals surface area contributed by atoms with Crippen LogP contribution in [0, 0.1) is 0 Å². The molecule has 2 aromatic rings. The number of para-hydroxylation sites is 1. The van der Waals surface area contributed by atoms with Crippen molar-refractivity contribution in [3.63, 3.8) is 0 Å². The van der Waals surface area contributed by atoms with Crippen molar-refractivity contribution < 1.29 is 4.74 Å². The fraction of sp³-hybridized carbons (Fsp3) is 0.294. The Morgan fingerprint density at radius 3 is 2.50 bits per heavy atom. The lowest BCUT2D eigenvalue weighted by Gasteiger charge is -2.26. The zero-order chi connectivity index (χ0) is 14.4. The van der Waals surface area contributed by atoms with E-state index in [1.165, 1.54) is 5.69 Å². The Hall–Kier alpha value is -1.67. The molecule has 0 fully saturated rings. The van der Waals surface area contributed by atoms with Gasteiger partial charge in [0.1, 0.15) is 5.75 Å². The highest BCUT2D eigenvalue weighted by atomic mass is 35.5. The van der Waals surface area contributed by atoms with Gasteiger partial charge in [-0.05, 0) is 36.8 Å². The molecule has 0 aromatic heterocycles. The van der Waals surface area contributed by atoms with Crippen LogP contribution in [0.15, 0.2) is 54.6 Å². The van der Waals surface area contributed by atoms with Gasteiger partial charge in [0, 0.05) is 18.8 Å². The summed E-state index contributed by atoms with van der Waals surface area (Å²) in [5, 5.41) is -0.0646. The molecule has 20 heavy (non-hydrogen) atoms. The van der Waals surface area contributed by atoms with Gasteiger partial charge in [0.2, 0.25) is 0 Å². The van der Waals surface area contributed by atoms with Crippen LogP contribution in [0.25, 0.3) is 0 Å². The Morgan fingerprint density at radius 1 is 1.10 bits per heavy atom. The minimum atomic E-state index is -0.0646. The van der Waals surface area contributed by atoms with Crippen molar-refractivity contribution >= 4 is 17.3 Å². The minimum Gasteiger partial charge on any atom is -0.497 e. The molecular formula is C17H20ClNO. The number of nitrogens with zero attached hydrogens (tertiary/aromatic N) is 1. The first-order chi connectivity index (χ1) is 9.74. The van der Waals surface area contributed by atoms with Crippen molar-refractivity contribution in [3.05, 3.63) is 60.2 Å². The zero-order valence-corrected chi connectivity index (χ0v) is 12.7. The van der Waals surface area contributed by atoms with Gasteiger partial charge in [-0.2, -0.15) is 0 Å². The van der Waals surface area contributed by atoms with Crippen molar-refractivity contribution in [1.29, 1.82) is 0 Å². The van der Waals surface area contributed by atoms with E-state index >= 15 is 0 Å². The van der Waals surface area contributed by atoms with Crippen molar-refractivity contribution in [2.75, 3.05) is 25.1 Å². The number of alkyl halides is 1.